The minimum atomic E-state index is -1.47. The van der Waals surface area contributed by atoms with Crippen LogP contribution in [-0.4, -0.2) is 44.9 Å². The van der Waals surface area contributed by atoms with E-state index in [1.807, 2.05) is 30.3 Å². The zero-order chi connectivity index (χ0) is 25.4. The number of hydrogen-bond acceptors (Lipinski definition) is 9. The minimum absolute atomic E-state index is 0.303. The number of urea groups is 1. The first-order valence-corrected chi connectivity index (χ1v) is 11.6. The maximum atomic E-state index is 12.6. The van der Waals surface area contributed by atoms with Crippen LogP contribution in [0.15, 0.2) is 77.7 Å². The van der Waals surface area contributed by atoms with Gasteiger partial charge in [-0.1, -0.05) is 6.07 Å². The van der Waals surface area contributed by atoms with E-state index in [9.17, 15) is 14.4 Å². The number of amides is 4. The predicted molar refractivity (Wildman–Crippen MR) is 130 cm³/mol. The summed E-state index contributed by atoms with van der Waals surface area (Å²) >= 11 is 0. The number of aromatic nitrogens is 3. The second-order valence-corrected chi connectivity index (χ2v) is 8.59. The Balaban J connectivity index is 1.16. The van der Waals surface area contributed by atoms with Crippen molar-refractivity contribution in [2.45, 2.75) is 18.4 Å². The van der Waals surface area contributed by atoms with E-state index in [-0.39, 0.29) is 0 Å². The minimum Gasteiger partial charge on any atom is -0.443 e. The van der Waals surface area contributed by atoms with Gasteiger partial charge in [-0.25, -0.2) is 14.8 Å². The molecule has 2 N–H and O–H groups in total. The molecule has 2 saturated heterocycles. The molecule has 184 valence electrons. The first-order valence-electron chi connectivity index (χ1n) is 11.6. The summed E-state index contributed by atoms with van der Waals surface area (Å²) in [5.74, 6) is 0.0997. The number of rotatable bonds is 5. The number of benzene rings is 1. The maximum absolute atomic E-state index is 12.6. The van der Waals surface area contributed by atoms with Crippen LogP contribution in [-0.2, 0) is 9.59 Å². The van der Waals surface area contributed by atoms with Crippen molar-refractivity contribution in [3.8, 4) is 34.5 Å². The molecule has 11 heteroatoms. The van der Waals surface area contributed by atoms with E-state index in [4.69, 9.17) is 9.15 Å². The van der Waals surface area contributed by atoms with Crippen LogP contribution >= 0.6 is 0 Å². The summed E-state index contributed by atoms with van der Waals surface area (Å²) in [5, 5.41) is 4.40. The van der Waals surface area contributed by atoms with Crippen molar-refractivity contribution in [3.63, 3.8) is 0 Å². The summed E-state index contributed by atoms with van der Waals surface area (Å²) < 4.78 is 11.4. The molecule has 0 saturated carbocycles. The Morgan fingerprint density at radius 2 is 1.73 bits per heavy atom. The largest absolute Gasteiger partial charge is 0.443 e. The Hall–Kier alpha value is -5.06. The van der Waals surface area contributed by atoms with Gasteiger partial charge in [0.1, 0.15) is 23.4 Å². The van der Waals surface area contributed by atoms with Crippen molar-refractivity contribution in [1.29, 1.82) is 0 Å². The normalized spacial score (nSPS) is 16.5. The summed E-state index contributed by atoms with van der Waals surface area (Å²) in [5.41, 5.74) is 1.29. The molecule has 2 aliphatic rings. The molecule has 2 fully saturated rings. The highest BCUT2D eigenvalue weighted by atomic mass is 16.5. The number of hydrogen-bond donors (Lipinski definition) is 2. The molecule has 11 nitrogen and oxygen atoms in total. The van der Waals surface area contributed by atoms with Gasteiger partial charge in [0.15, 0.2) is 5.54 Å². The molecule has 3 aromatic heterocycles. The summed E-state index contributed by atoms with van der Waals surface area (Å²) in [6.07, 6.45) is 5.73. The molecule has 0 unspecified atom stereocenters. The van der Waals surface area contributed by atoms with Gasteiger partial charge in [0.25, 0.3) is 11.8 Å². The van der Waals surface area contributed by atoms with Crippen LogP contribution in [0.5, 0.6) is 11.6 Å². The molecule has 4 aromatic rings. The second-order valence-electron chi connectivity index (χ2n) is 8.59. The molecule has 37 heavy (non-hydrogen) atoms. The molecule has 0 aliphatic carbocycles. The fourth-order valence-electron chi connectivity index (χ4n) is 4.61. The Labute approximate surface area is 210 Å². The van der Waals surface area contributed by atoms with Crippen LogP contribution in [0.3, 0.4) is 0 Å². The quantitative estimate of drug-likeness (QED) is 0.398. The van der Waals surface area contributed by atoms with Gasteiger partial charge >= 0.3 is 6.03 Å². The number of barbiturate groups is 1. The summed E-state index contributed by atoms with van der Waals surface area (Å²) in [6.45, 7) is 0.475. The molecule has 2 aliphatic heterocycles. The third kappa shape index (κ3) is 3.96. The van der Waals surface area contributed by atoms with E-state index in [1.165, 1.54) is 0 Å². The third-order valence-electron chi connectivity index (χ3n) is 6.38. The van der Waals surface area contributed by atoms with Gasteiger partial charge in [-0.05, 0) is 55.3 Å². The molecule has 1 spiro atoms. The molecule has 0 atom stereocenters. The topological polar surface area (TPSA) is 140 Å². The molecule has 6 rings (SSSR count). The number of carbonyl (C=O) groups excluding carboxylic acids is 3. The van der Waals surface area contributed by atoms with Crippen LogP contribution in [0.25, 0.3) is 22.8 Å². The van der Waals surface area contributed by atoms with Crippen LogP contribution in [0.2, 0.25) is 0 Å². The lowest BCUT2D eigenvalue weighted by atomic mass is 9.92. The van der Waals surface area contributed by atoms with Crippen molar-refractivity contribution in [2.24, 2.45) is 0 Å². The van der Waals surface area contributed by atoms with Crippen molar-refractivity contribution in [1.82, 2.24) is 25.6 Å². The average Bonchev–Trinajstić information content (AvgIpc) is 3.58. The Morgan fingerprint density at radius 1 is 0.919 bits per heavy atom. The van der Waals surface area contributed by atoms with E-state index >= 15 is 0 Å². The first kappa shape index (κ1) is 22.4. The van der Waals surface area contributed by atoms with Gasteiger partial charge in [-0.2, -0.15) is 0 Å². The number of anilines is 1. The van der Waals surface area contributed by atoms with Crippen molar-refractivity contribution in [3.05, 3.63) is 73.3 Å². The average molecular weight is 496 g/mol. The van der Waals surface area contributed by atoms with E-state index in [2.05, 4.69) is 25.6 Å². The first-order chi connectivity index (χ1) is 18.0. The standard InChI is InChI=1S/C26H20N6O5/c33-23-26(24(34)31-25(35)30-23)11-3-13-32(26)17-7-10-21(28-14-17)37-18-8-5-16(6-9-18)20-15-36-22(29-20)19-4-1-2-12-27-19/h1-2,4-10,12,14-15H,3,11,13H2,(H2,30,31,33,34,35). The van der Waals surface area contributed by atoms with Gasteiger partial charge in [-0.3, -0.25) is 25.2 Å². The van der Waals surface area contributed by atoms with Gasteiger partial charge < -0.3 is 14.1 Å². The number of ether oxygens (including phenoxy) is 1. The van der Waals surface area contributed by atoms with Crippen molar-refractivity contribution >= 4 is 23.5 Å². The molecule has 0 radical (unpaired) electrons. The molecule has 4 amide bonds. The lowest BCUT2D eigenvalue weighted by molar-refractivity contribution is -0.137. The second kappa shape index (κ2) is 8.86. The zero-order valence-corrected chi connectivity index (χ0v) is 19.4. The van der Waals surface area contributed by atoms with Gasteiger partial charge in [0.2, 0.25) is 11.8 Å². The number of imide groups is 2. The number of oxazole rings is 1. The van der Waals surface area contributed by atoms with Gasteiger partial charge in [-0.15, -0.1) is 0 Å². The predicted octanol–water partition coefficient (Wildman–Crippen LogP) is 3.30. The van der Waals surface area contributed by atoms with Gasteiger partial charge in [0, 0.05) is 24.4 Å². The fraction of sp³-hybridized carbons (Fsp3) is 0.154. The highest BCUT2D eigenvalue weighted by molar-refractivity contribution is 6.24. The summed E-state index contributed by atoms with van der Waals surface area (Å²) in [4.78, 5) is 51.6. The Kier molecular flexibility index (Phi) is 5.37. The number of pyridine rings is 2. The lowest BCUT2D eigenvalue weighted by Gasteiger charge is -2.38. The summed E-state index contributed by atoms with van der Waals surface area (Å²) in [7, 11) is 0. The highest BCUT2D eigenvalue weighted by Crippen LogP contribution is 2.36. The van der Waals surface area contributed by atoms with Crippen LogP contribution in [0.4, 0.5) is 10.5 Å². The van der Waals surface area contributed by atoms with Crippen molar-refractivity contribution in [2.75, 3.05) is 11.4 Å². The van der Waals surface area contributed by atoms with E-state index < -0.39 is 23.4 Å². The maximum Gasteiger partial charge on any atom is 0.328 e. The van der Waals surface area contributed by atoms with Crippen LogP contribution in [0, 0.1) is 0 Å². The van der Waals surface area contributed by atoms with Crippen LogP contribution < -0.4 is 20.3 Å². The van der Waals surface area contributed by atoms with Gasteiger partial charge in [0.05, 0.1) is 11.9 Å². The lowest BCUT2D eigenvalue weighted by Crippen LogP contribution is -2.71. The number of nitrogens with zero attached hydrogens (tertiary/aromatic N) is 4. The SMILES string of the molecule is O=C1NC(=O)C2(CCCN2c2ccc(Oc3ccc(-c4coc(-c5ccccn5)n4)cc3)nc2)C(=O)N1. The zero-order valence-electron chi connectivity index (χ0n) is 19.4. The van der Waals surface area contributed by atoms with E-state index in [0.717, 1.165) is 5.56 Å². The fourth-order valence-corrected chi connectivity index (χ4v) is 4.61. The third-order valence-corrected chi connectivity index (χ3v) is 6.38. The number of nitrogens with one attached hydrogen (secondary N) is 2. The molecule has 5 heterocycles. The Bertz CT molecular complexity index is 1460. The number of carbonyl (C=O) groups is 3. The molecule has 1 aromatic carbocycles. The molecule has 0 bridgehead atoms. The molecular formula is C26H20N6O5. The van der Waals surface area contributed by atoms with Crippen molar-refractivity contribution < 1.29 is 23.5 Å². The summed E-state index contributed by atoms with van der Waals surface area (Å²) in [6, 6.07) is 15.4. The monoisotopic (exact) mass is 496 g/mol. The van der Waals surface area contributed by atoms with E-state index in [1.54, 1.807) is 47.8 Å². The Morgan fingerprint density at radius 3 is 2.43 bits per heavy atom. The van der Waals surface area contributed by atoms with E-state index in [0.29, 0.717) is 54.0 Å². The molecular weight excluding hydrogens is 476 g/mol. The smallest absolute Gasteiger partial charge is 0.328 e. The van der Waals surface area contributed by atoms with Crippen LogP contribution in [0.1, 0.15) is 12.8 Å². The highest BCUT2D eigenvalue weighted by Gasteiger charge is 2.57.